The topological polar surface area (TPSA) is 35.6 Å². The van der Waals surface area contributed by atoms with Crippen LogP contribution in [0.25, 0.3) is 0 Å². The lowest BCUT2D eigenvalue weighted by atomic mass is 10.1. The minimum atomic E-state index is 0.267. The highest BCUT2D eigenvalue weighted by atomic mass is 16.2. The smallest absolute Gasteiger partial charge is 0.222 e. The molecule has 1 amide bonds. The van der Waals surface area contributed by atoms with Crippen molar-refractivity contribution in [2.45, 2.75) is 33.1 Å². The maximum Gasteiger partial charge on any atom is 0.222 e. The van der Waals surface area contributed by atoms with Gasteiger partial charge in [0, 0.05) is 20.0 Å². The Hall–Kier alpha value is -0.610. The lowest BCUT2D eigenvalue weighted by Crippen LogP contribution is -2.31. The van der Waals surface area contributed by atoms with Crippen LogP contribution in [0.4, 0.5) is 0 Å². The molecule has 4 heteroatoms. The molecule has 0 aliphatic heterocycles. The number of hydrogen-bond acceptors (Lipinski definition) is 3. The second kappa shape index (κ2) is 10.3. The summed E-state index contributed by atoms with van der Waals surface area (Å²) in [6.07, 6.45) is 2.89. The van der Waals surface area contributed by atoms with Crippen LogP contribution in [0.15, 0.2) is 0 Å². The summed E-state index contributed by atoms with van der Waals surface area (Å²) in [6.45, 7) is 8.27. The predicted octanol–water partition coefficient (Wildman–Crippen LogP) is 1.42. The van der Waals surface area contributed by atoms with E-state index in [4.69, 9.17) is 0 Å². The molecule has 108 valence electrons. The van der Waals surface area contributed by atoms with Gasteiger partial charge in [-0.15, -0.1) is 0 Å². The molecule has 0 unspecified atom stereocenters. The number of nitrogens with one attached hydrogen (secondary N) is 1. The van der Waals surface area contributed by atoms with Crippen molar-refractivity contribution in [2.24, 2.45) is 5.92 Å². The average molecular weight is 257 g/mol. The molecule has 0 saturated carbocycles. The van der Waals surface area contributed by atoms with E-state index in [9.17, 15) is 4.79 Å². The average Bonchev–Trinajstić information content (AvgIpc) is 2.28. The Morgan fingerprint density at radius 2 is 1.72 bits per heavy atom. The summed E-state index contributed by atoms with van der Waals surface area (Å²) in [5.74, 6) is 0.715. The molecule has 0 heterocycles. The van der Waals surface area contributed by atoms with Crippen LogP contribution >= 0.6 is 0 Å². The van der Waals surface area contributed by atoms with E-state index in [0.717, 1.165) is 32.6 Å². The molecule has 0 aromatic heterocycles. The summed E-state index contributed by atoms with van der Waals surface area (Å²) in [4.78, 5) is 15.9. The van der Waals surface area contributed by atoms with Crippen molar-refractivity contribution in [3.05, 3.63) is 0 Å². The first-order valence-electron chi connectivity index (χ1n) is 7.04. The van der Waals surface area contributed by atoms with E-state index in [2.05, 4.69) is 31.1 Å². The Balaban J connectivity index is 3.60. The van der Waals surface area contributed by atoms with Gasteiger partial charge >= 0.3 is 0 Å². The van der Waals surface area contributed by atoms with Crippen molar-refractivity contribution < 1.29 is 4.79 Å². The fraction of sp³-hybridized carbons (Fsp3) is 0.929. The molecule has 0 bridgehead atoms. The van der Waals surface area contributed by atoms with E-state index >= 15 is 0 Å². The molecular weight excluding hydrogens is 226 g/mol. The Morgan fingerprint density at radius 1 is 1.11 bits per heavy atom. The number of rotatable bonds is 10. The second-order valence-electron chi connectivity index (χ2n) is 5.53. The fourth-order valence-corrected chi connectivity index (χ4v) is 1.85. The summed E-state index contributed by atoms with van der Waals surface area (Å²) in [7, 11) is 6.03. The molecule has 0 saturated heterocycles. The first-order valence-corrected chi connectivity index (χ1v) is 7.04. The van der Waals surface area contributed by atoms with E-state index in [0.29, 0.717) is 12.3 Å². The predicted molar refractivity (Wildman–Crippen MR) is 77.7 cm³/mol. The maximum atomic E-state index is 11.7. The van der Waals surface area contributed by atoms with Gasteiger partial charge < -0.3 is 15.1 Å². The van der Waals surface area contributed by atoms with E-state index in [-0.39, 0.29) is 5.91 Å². The van der Waals surface area contributed by atoms with Crippen LogP contribution in [-0.2, 0) is 4.79 Å². The van der Waals surface area contributed by atoms with Crippen molar-refractivity contribution in [1.29, 1.82) is 0 Å². The fourth-order valence-electron chi connectivity index (χ4n) is 1.85. The van der Waals surface area contributed by atoms with E-state index in [1.54, 1.807) is 0 Å². The summed E-state index contributed by atoms with van der Waals surface area (Å²) in [6, 6.07) is 0. The second-order valence-corrected chi connectivity index (χ2v) is 5.53. The Morgan fingerprint density at radius 3 is 2.28 bits per heavy atom. The van der Waals surface area contributed by atoms with Crippen LogP contribution in [0.5, 0.6) is 0 Å². The molecule has 18 heavy (non-hydrogen) atoms. The third-order valence-electron chi connectivity index (χ3n) is 3.01. The van der Waals surface area contributed by atoms with Gasteiger partial charge in [0.2, 0.25) is 5.91 Å². The molecular formula is C14H31N3O. The maximum absolute atomic E-state index is 11.7. The molecule has 0 radical (unpaired) electrons. The zero-order valence-corrected chi connectivity index (χ0v) is 12.8. The highest BCUT2D eigenvalue weighted by molar-refractivity contribution is 5.75. The summed E-state index contributed by atoms with van der Waals surface area (Å²) in [5.41, 5.74) is 0. The number of carbonyl (C=O) groups excluding carboxylic acids is 1. The molecule has 0 atom stereocenters. The van der Waals surface area contributed by atoms with Crippen LogP contribution in [0.2, 0.25) is 0 Å². The van der Waals surface area contributed by atoms with Crippen molar-refractivity contribution in [3.8, 4) is 0 Å². The molecule has 0 fully saturated rings. The van der Waals surface area contributed by atoms with Gasteiger partial charge in [-0.2, -0.15) is 0 Å². The first kappa shape index (κ1) is 17.4. The molecule has 1 N–H and O–H groups in total. The van der Waals surface area contributed by atoms with Gasteiger partial charge in [-0.05, 0) is 52.5 Å². The van der Waals surface area contributed by atoms with Gasteiger partial charge in [-0.3, -0.25) is 4.79 Å². The Bertz CT molecular complexity index is 219. The first-order chi connectivity index (χ1) is 8.47. The van der Waals surface area contributed by atoms with Crippen LogP contribution < -0.4 is 5.32 Å². The van der Waals surface area contributed by atoms with Gasteiger partial charge in [0.05, 0.1) is 0 Å². The van der Waals surface area contributed by atoms with Crippen LogP contribution in [0.1, 0.15) is 33.1 Å². The van der Waals surface area contributed by atoms with Crippen LogP contribution in [0, 0.1) is 5.92 Å². The molecule has 0 aromatic carbocycles. The Kier molecular flexibility index (Phi) is 9.98. The quantitative estimate of drug-likeness (QED) is 0.601. The Labute approximate surface area is 113 Å². The lowest BCUT2D eigenvalue weighted by molar-refractivity contribution is -0.130. The third kappa shape index (κ3) is 9.42. The normalized spacial score (nSPS) is 11.3. The molecule has 0 aromatic rings. The van der Waals surface area contributed by atoms with Gasteiger partial charge in [0.15, 0.2) is 0 Å². The van der Waals surface area contributed by atoms with E-state index in [1.807, 2.05) is 19.0 Å². The van der Waals surface area contributed by atoms with Crippen LogP contribution in [0.3, 0.4) is 0 Å². The van der Waals surface area contributed by atoms with E-state index < -0.39 is 0 Å². The molecule has 0 aliphatic rings. The van der Waals surface area contributed by atoms with Gasteiger partial charge in [0.1, 0.15) is 0 Å². The minimum absolute atomic E-state index is 0.267. The van der Waals surface area contributed by atoms with Gasteiger partial charge in [-0.1, -0.05) is 13.8 Å². The van der Waals surface area contributed by atoms with E-state index in [1.165, 1.54) is 6.42 Å². The molecule has 0 aliphatic carbocycles. The molecule has 0 rings (SSSR count). The minimum Gasteiger partial charge on any atom is -0.346 e. The SMILES string of the molecule is CNCCCN(C)CCCN(C)C(=O)CC(C)C. The summed E-state index contributed by atoms with van der Waals surface area (Å²) >= 11 is 0. The van der Waals surface area contributed by atoms with Crippen molar-refractivity contribution in [3.63, 3.8) is 0 Å². The van der Waals surface area contributed by atoms with Crippen LogP contribution in [-0.4, -0.2) is 63.0 Å². The van der Waals surface area contributed by atoms with Crippen molar-refractivity contribution in [1.82, 2.24) is 15.1 Å². The monoisotopic (exact) mass is 257 g/mol. The van der Waals surface area contributed by atoms with Gasteiger partial charge in [-0.25, -0.2) is 0 Å². The number of amides is 1. The zero-order valence-electron chi connectivity index (χ0n) is 12.8. The van der Waals surface area contributed by atoms with Crippen molar-refractivity contribution >= 4 is 5.91 Å². The number of hydrogen-bond donors (Lipinski definition) is 1. The molecule has 0 spiro atoms. The lowest BCUT2D eigenvalue weighted by Gasteiger charge is -2.21. The number of carbonyl (C=O) groups is 1. The summed E-state index contributed by atoms with van der Waals surface area (Å²) < 4.78 is 0. The third-order valence-corrected chi connectivity index (χ3v) is 3.01. The highest BCUT2D eigenvalue weighted by Gasteiger charge is 2.10. The zero-order chi connectivity index (χ0) is 14.0. The van der Waals surface area contributed by atoms with Crippen molar-refractivity contribution in [2.75, 3.05) is 47.3 Å². The summed E-state index contributed by atoms with van der Waals surface area (Å²) in [5, 5.41) is 3.15. The molecule has 4 nitrogen and oxygen atoms in total. The van der Waals surface area contributed by atoms with Gasteiger partial charge in [0.25, 0.3) is 0 Å². The number of nitrogens with zero attached hydrogens (tertiary/aromatic N) is 2. The standard InChI is InChI=1S/C14H31N3O/c1-13(2)12-14(18)17(5)11-7-10-16(4)9-6-8-15-3/h13,15H,6-12H2,1-5H3. The largest absolute Gasteiger partial charge is 0.346 e. The highest BCUT2D eigenvalue weighted by Crippen LogP contribution is 2.03.